The molecule has 2 aromatic carbocycles. The van der Waals surface area contributed by atoms with Gasteiger partial charge in [-0.2, -0.15) is 0 Å². The van der Waals surface area contributed by atoms with Gasteiger partial charge in [0.1, 0.15) is 0 Å². The summed E-state index contributed by atoms with van der Waals surface area (Å²) in [5, 5.41) is 10.2. The van der Waals surface area contributed by atoms with Crippen LogP contribution in [0.1, 0.15) is 0 Å². The van der Waals surface area contributed by atoms with Crippen molar-refractivity contribution in [1.82, 2.24) is 19.7 Å². The van der Waals surface area contributed by atoms with Gasteiger partial charge in [-0.15, -0.1) is 10.2 Å². The van der Waals surface area contributed by atoms with Crippen molar-refractivity contribution in [3.63, 3.8) is 0 Å². The van der Waals surface area contributed by atoms with Gasteiger partial charge < -0.3 is 10.3 Å². The van der Waals surface area contributed by atoms with Crippen LogP contribution in [0.4, 0.5) is 0 Å². The van der Waals surface area contributed by atoms with Crippen LogP contribution in [0.25, 0.3) is 33.5 Å². The smallest absolute Gasteiger partial charge is 0.227 e. The minimum atomic E-state index is -0.384. The van der Waals surface area contributed by atoms with Crippen LogP contribution in [0.15, 0.2) is 65.8 Å². The molecule has 0 unspecified atom stereocenters. The first-order valence-electron chi connectivity index (χ1n) is 8.39. The molecule has 0 bridgehead atoms. The second-order valence-corrected chi connectivity index (χ2v) is 7.00. The van der Waals surface area contributed by atoms with Gasteiger partial charge in [-0.05, 0) is 12.1 Å². The molecule has 0 atom stereocenters. The van der Waals surface area contributed by atoms with Crippen molar-refractivity contribution < 1.29 is 4.79 Å². The average molecular weight is 375 g/mol. The molecule has 27 heavy (non-hydrogen) atoms. The van der Waals surface area contributed by atoms with E-state index in [2.05, 4.69) is 10.2 Å². The second kappa shape index (κ2) is 7.20. The summed E-state index contributed by atoms with van der Waals surface area (Å²) in [4.78, 5) is 15.9. The number of nitrogens with zero attached hydrogens (tertiary/aromatic N) is 4. The van der Waals surface area contributed by atoms with Crippen molar-refractivity contribution >= 4 is 28.6 Å². The van der Waals surface area contributed by atoms with Gasteiger partial charge in [0.05, 0.1) is 17.0 Å². The minimum absolute atomic E-state index is 0.165. The molecule has 0 saturated heterocycles. The molecule has 4 rings (SSSR count). The maximum atomic E-state index is 11.1. The van der Waals surface area contributed by atoms with E-state index in [0.29, 0.717) is 5.16 Å². The highest BCUT2D eigenvalue weighted by molar-refractivity contribution is 7.99. The molecular weight excluding hydrogens is 358 g/mol. The normalized spacial score (nSPS) is 11.0. The Bertz CT molecular complexity index is 1120. The Morgan fingerprint density at radius 1 is 1.07 bits per heavy atom. The van der Waals surface area contributed by atoms with E-state index in [-0.39, 0.29) is 11.7 Å². The van der Waals surface area contributed by atoms with Gasteiger partial charge in [0.25, 0.3) is 0 Å². The lowest BCUT2D eigenvalue weighted by atomic mass is 10.0. The molecule has 0 aliphatic carbocycles. The van der Waals surface area contributed by atoms with Gasteiger partial charge in [-0.1, -0.05) is 60.3 Å². The molecule has 4 aromatic rings. The molecule has 1 amide bonds. The highest BCUT2D eigenvalue weighted by atomic mass is 32.2. The fourth-order valence-corrected chi connectivity index (χ4v) is 3.58. The summed E-state index contributed by atoms with van der Waals surface area (Å²) in [6.45, 7) is 0. The predicted molar refractivity (Wildman–Crippen MR) is 107 cm³/mol. The van der Waals surface area contributed by atoms with Crippen LogP contribution in [-0.4, -0.2) is 31.4 Å². The monoisotopic (exact) mass is 375 g/mol. The van der Waals surface area contributed by atoms with Gasteiger partial charge in [-0.3, -0.25) is 4.79 Å². The Balaban J connectivity index is 1.87. The summed E-state index contributed by atoms with van der Waals surface area (Å²) in [5.74, 6) is 0.501. The van der Waals surface area contributed by atoms with E-state index in [1.807, 2.05) is 72.3 Å². The van der Waals surface area contributed by atoms with E-state index in [9.17, 15) is 4.79 Å². The average Bonchev–Trinajstić information content (AvgIpc) is 3.06. The van der Waals surface area contributed by atoms with Crippen LogP contribution in [-0.2, 0) is 11.8 Å². The zero-order valence-corrected chi connectivity index (χ0v) is 15.5. The molecule has 2 aromatic heterocycles. The molecule has 0 fully saturated rings. The number of para-hydroxylation sites is 1. The maximum absolute atomic E-state index is 11.1. The molecule has 134 valence electrons. The Labute approximate surface area is 160 Å². The lowest BCUT2D eigenvalue weighted by Crippen LogP contribution is -2.13. The molecule has 0 spiro atoms. The van der Waals surface area contributed by atoms with Crippen molar-refractivity contribution in [3.05, 3.63) is 60.7 Å². The van der Waals surface area contributed by atoms with Crippen molar-refractivity contribution in [1.29, 1.82) is 0 Å². The van der Waals surface area contributed by atoms with Crippen LogP contribution in [0, 0.1) is 0 Å². The van der Waals surface area contributed by atoms with Crippen molar-refractivity contribution in [2.24, 2.45) is 12.8 Å². The zero-order chi connectivity index (χ0) is 18.8. The number of fused-ring (bicyclic) bond motifs is 1. The summed E-state index contributed by atoms with van der Waals surface area (Å²) >= 11 is 1.28. The van der Waals surface area contributed by atoms with Gasteiger partial charge in [0.2, 0.25) is 5.91 Å². The van der Waals surface area contributed by atoms with Crippen LogP contribution in [0.2, 0.25) is 0 Å². The Hall–Kier alpha value is -3.19. The lowest BCUT2D eigenvalue weighted by Gasteiger charge is -2.10. The first kappa shape index (κ1) is 17.2. The molecule has 0 aliphatic rings. The standard InChI is InChI=1S/C20H17N5OS/c1-25-19(23-24-20(25)27-12-18(21)26)15-11-17(13-7-3-2-4-8-13)22-16-10-6-5-9-14(15)16/h2-11H,12H2,1H3,(H2,21,26). The summed E-state index contributed by atoms with van der Waals surface area (Å²) in [6.07, 6.45) is 0. The molecule has 0 radical (unpaired) electrons. The summed E-state index contributed by atoms with van der Waals surface area (Å²) < 4.78 is 1.88. The number of carbonyl (C=O) groups is 1. The topological polar surface area (TPSA) is 86.7 Å². The number of hydrogen-bond acceptors (Lipinski definition) is 5. The Morgan fingerprint density at radius 3 is 2.59 bits per heavy atom. The quantitative estimate of drug-likeness (QED) is 0.541. The molecule has 6 nitrogen and oxygen atoms in total. The van der Waals surface area contributed by atoms with Crippen LogP contribution in [0.5, 0.6) is 0 Å². The SMILES string of the molecule is Cn1c(SCC(N)=O)nnc1-c1cc(-c2ccccc2)nc2ccccc12. The van der Waals surface area contributed by atoms with Crippen molar-refractivity contribution in [3.8, 4) is 22.6 Å². The molecule has 0 saturated carbocycles. The lowest BCUT2D eigenvalue weighted by molar-refractivity contribution is -0.115. The number of amides is 1. The fourth-order valence-electron chi connectivity index (χ4n) is 2.93. The van der Waals surface area contributed by atoms with Gasteiger partial charge in [0.15, 0.2) is 11.0 Å². The van der Waals surface area contributed by atoms with Gasteiger partial charge in [0, 0.05) is 23.6 Å². The first-order chi connectivity index (χ1) is 13.1. The number of hydrogen-bond donors (Lipinski definition) is 1. The highest BCUT2D eigenvalue weighted by Gasteiger charge is 2.16. The maximum Gasteiger partial charge on any atom is 0.227 e. The van der Waals surface area contributed by atoms with Gasteiger partial charge in [-0.25, -0.2) is 4.98 Å². The number of aromatic nitrogens is 4. The first-order valence-corrected chi connectivity index (χ1v) is 9.38. The number of primary amides is 1. The molecule has 2 heterocycles. The van der Waals surface area contributed by atoms with E-state index in [1.165, 1.54) is 11.8 Å². The third kappa shape index (κ3) is 3.41. The van der Waals surface area contributed by atoms with Crippen molar-refractivity contribution in [2.45, 2.75) is 5.16 Å². The molecule has 2 N–H and O–H groups in total. The molecule has 0 aliphatic heterocycles. The number of benzene rings is 2. The second-order valence-electron chi connectivity index (χ2n) is 6.06. The summed E-state index contributed by atoms with van der Waals surface area (Å²) in [7, 11) is 1.88. The zero-order valence-electron chi connectivity index (χ0n) is 14.7. The third-order valence-corrected chi connectivity index (χ3v) is 5.25. The van der Waals surface area contributed by atoms with Crippen LogP contribution < -0.4 is 5.73 Å². The Kier molecular flexibility index (Phi) is 4.60. The van der Waals surface area contributed by atoms with E-state index < -0.39 is 0 Å². The number of carbonyl (C=O) groups excluding carboxylic acids is 1. The fraction of sp³-hybridized carbons (Fsp3) is 0.100. The number of pyridine rings is 1. The number of thioether (sulfide) groups is 1. The number of nitrogens with two attached hydrogens (primary N) is 1. The minimum Gasteiger partial charge on any atom is -0.369 e. The molecular formula is C20H17N5OS. The third-order valence-electron chi connectivity index (χ3n) is 4.21. The summed E-state index contributed by atoms with van der Waals surface area (Å²) in [5.41, 5.74) is 8.99. The van der Waals surface area contributed by atoms with E-state index in [1.54, 1.807) is 0 Å². The van der Waals surface area contributed by atoms with Crippen LogP contribution >= 0.6 is 11.8 Å². The summed E-state index contributed by atoms with van der Waals surface area (Å²) in [6, 6.07) is 20.0. The molecule has 7 heteroatoms. The predicted octanol–water partition coefficient (Wildman–Crippen LogP) is 3.27. The number of rotatable bonds is 5. The largest absolute Gasteiger partial charge is 0.369 e. The van der Waals surface area contributed by atoms with Crippen molar-refractivity contribution in [2.75, 3.05) is 5.75 Å². The van der Waals surface area contributed by atoms with E-state index >= 15 is 0 Å². The Morgan fingerprint density at radius 2 is 1.81 bits per heavy atom. The van der Waals surface area contributed by atoms with Crippen LogP contribution in [0.3, 0.4) is 0 Å². The van der Waals surface area contributed by atoms with E-state index in [4.69, 9.17) is 10.7 Å². The highest BCUT2D eigenvalue weighted by Crippen LogP contribution is 2.32. The van der Waals surface area contributed by atoms with E-state index in [0.717, 1.165) is 33.5 Å². The van der Waals surface area contributed by atoms with Gasteiger partial charge >= 0.3 is 0 Å².